The summed E-state index contributed by atoms with van der Waals surface area (Å²) in [4.78, 5) is 12.0. The largest absolute Gasteiger partial charge is 0.368 e. The van der Waals surface area contributed by atoms with Gasteiger partial charge < -0.3 is 5.73 Å². The zero-order valence-electron chi connectivity index (χ0n) is 13.6. The molecule has 25 heavy (non-hydrogen) atoms. The van der Waals surface area contributed by atoms with Crippen molar-refractivity contribution in [2.45, 2.75) is 30.2 Å². The van der Waals surface area contributed by atoms with E-state index < -0.39 is 22.0 Å². The van der Waals surface area contributed by atoms with Crippen molar-refractivity contribution in [3.05, 3.63) is 59.7 Å². The minimum atomic E-state index is -3.88. The molecular formula is C18H19ClN2O3S. The van der Waals surface area contributed by atoms with Crippen molar-refractivity contribution in [3.8, 4) is 0 Å². The van der Waals surface area contributed by atoms with E-state index in [0.29, 0.717) is 18.0 Å². The molecule has 0 fully saturated rings. The van der Waals surface area contributed by atoms with E-state index in [9.17, 15) is 13.2 Å². The van der Waals surface area contributed by atoms with Crippen molar-refractivity contribution in [2.75, 3.05) is 10.2 Å². The first kappa shape index (κ1) is 17.8. The third-order valence-corrected chi connectivity index (χ3v) is 6.44. The zero-order chi connectivity index (χ0) is 18.0. The lowest BCUT2D eigenvalue weighted by molar-refractivity contribution is -0.118. The molecule has 1 aliphatic rings. The number of carbonyl (C=O) groups is 1. The van der Waals surface area contributed by atoms with Gasteiger partial charge in [-0.1, -0.05) is 30.3 Å². The van der Waals surface area contributed by atoms with Gasteiger partial charge in [0.05, 0.1) is 10.6 Å². The highest BCUT2D eigenvalue weighted by atomic mass is 35.5. The first-order valence-electron chi connectivity index (χ1n) is 8.01. The standard InChI is InChI=1S/C18H19ClN2O3S/c19-11-3-4-13-7-9-15(10-8-13)25(23,24)21-16-6-2-1-5-14(16)12-17(21)18(20)22/h1-2,5-10,17H,3-4,11-12H2,(H2,20,22)/t17-/m0/s1. The molecule has 0 saturated carbocycles. The van der Waals surface area contributed by atoms with Crippen molar-refractivity contribution in [1.29, 1.82) is 0 Å². The van der Waals surface area contributed by atoms with Gasteiger partial charge >= 0.3 is 0 Å². The molecule has 1 heterocycles. The Morgan fingerprint density at radius 3 is 2.48 bits per heavy atom. The fourth-order valence-corrected chi connectivity index (χ4v) is 4.87. The Morgan fingerprint density at radius 1 is 1.16 bits per heavy atom. The zero-order valence-corrected chi connectivity index (χ0v) is 15.1. The molecule has 0 radical (unpaired) electrons. The Balaban J connectivity index is 1.99. The van der Waals surface area contributed by atoms with Crippen LogP contribution in [0.15, 0.2) is 53.4 Å². The molecule has 1 atom stereocenters. The highest BCUT2D eigenvalue weighted by Crippen LogP contribution is 2.36. The number of anilines is 1. The average Bonchev–Trinajstić information content (AvgIpc) is 3.01. The van der Waals surface area contributed by atoms with Crippen molar-refractivity contribution >= 4 is 33.2 Å². The number of nitrogens with zero attached hydrogens (tertiary/aromatic N) is 1. The van der Waals surface area contributed by atoms with Gasteiger partial charge in [-0.05, 0) is 42.2 Å². The fourth-order valence-electron chi connectivity index (χ4n) is 3.08. The Bertz CT molecular complexity index is 881. The molecule has 1 amide bonds. The number of sulfonamides is 1. The molecule has 0 aromatic heterocycles. The number of halogens is 1. The van der Waals surface area contributed by atoms with Gasteiger partial charge in [-0.15, -0.1) is 11.6 Å². The molecular weight excluding hydrogens is 360 g/mol. The molecule has 7 heteroatoms. The minimum absolute atomic E-state index is 0.144. The number of hydrogen-bond donors (Lipinski definition) is 1. The molecule has 3 rings (SSSR count). The second-order valence-corrected chi connectivity index (χ2v) is 8.18. The third kappa shape index (κ3) is 3.37. The number of carbonyl (C=O) groups excluding carboxylic acids is 1. The molecule has 0 unspecified atom stereocenters. The van der Waals surface area contributed by atoms with E-state index in [1.165, 1.54) is 0 Å². The molecule has 2 N–H and O–H groups in total. The SMILES string of the molecule is NC(=O)[C@@H]1Cc2ccccc2N1S(=O)(=O)c1ccc(CCCCl)cc1. The number of para-hydroxylation sites is 1. The second kappa shape index (κ2) is 7.06. The van der Waals surface area contributed by atoms with Gasteiger partial charge in [-0.2, -0.15) is 0 Å². The maximum atomic E-state index is 13.1. The highest BCUT2D eigenvalue weighted by molar-refractivity contribution is 7.93. The van der Waals surface area contributed by atoms with Crippen LogP contribution >= 0.6 is 11.6 Å². The summed E-state index contributed by atoms with van der Waals surface area (Å²) in [5.74, 6) is -0.0937. The van der Waals surface area contributed by atoms with Gasteiger partial charge in [-0.3, -0.25) is 9.10 Å². The van der Waals surface area contributed by atoms with E-state index in [1.54, 1.807) is 36.4 Å². The van der Waals surface area contributed by atoms with E-state index in [2.05, 4.69) is 0 Å². The predicted molar refractivity (Wildman–Crippen MR) is 98.3 cm³/mol. The van der Waals surface area contributed by atoms with Gasteiger partial charge in [0.25, 0.3) is 10.0 Å². The van der Waals surface area contributed by atoms with Gasteiger partial charge in [0.15, 0.2) is 0 Å². The number of hydrogen-bond acceptors (Lipinski definition) is 3. The number of aryl methyl sites for hydroxylation is 1. The summed E-state index contributed by atoms with van der Waals surface area (Å²) in [6, 6.07) is 12.9. The van der Waals surface area contributed by atoms with E-state index in [1.807, 2.05) is 12.1 Å². The van der Waals surface area contributed by atoms with Crippen LogP contribution in [0, 0.1) is 0 Å². The number of alkyl halides is 1. The summed E-state index contributed by atoms with van der Waals surface area (Å²) < 4.78 is 27.4. The van der Waals surface area contributed by atoms with Crippen molar-refractivity contribution < 1.29 is 13.2 Å². The summed E-state index contributed by atoms with van der Waals surface area (Å²) in [6.07, 6.45) is 1.91. The van der Waals surface area contributed by atoms with Gasteiger partial charge in [0.1, 0.15) is 6.04 Å². The second-order valence-electron chi connectivity index (χ2n) is 5.99. The van der Waals surface area contributed by atoms with Crippen LogP contribution < -0.4 is 10.0 Å². The molecule has 132 valence electrons. The van der Waals surface area contributed by atoms with Crippen LogP contribution in [0.4, 0.5) is 5.69 Å². The van der Waals surface area contributed by atoms with Crippen LogP contribution in [0.3, 0.4) is 0 Å². The lowest BCUT2D eigenvalue weighted by Gasteiger charge is -2.25. The maximum absolute atomic E-state index is 13.1. The lowest BCUT2D eigenvalue weighted by atomic mass is 10.1. The maximum Gasteiger partial charge on any atom is 0.265 e. The Morgan fingerprint density at radius 2 is 1.84 bits per heavy atom. The monoisotopic (exact) mass is 378 g/mol. The lowest BCUT2D eigenvalue weighted by Crippen LogP contribution is -2.45. The summed E-state index contributed by atoms with van der Waals surface area (Å²) in [5, 5.41) is 0. The molecule has 0 saturated heterocycles. The van der Waals surface area contributed by atoms with E-state index in [-0.39, 0.29) is 4.90 Å². The van der Waals surface area contributed by atoms with Crippen molar-refractivity contribution in [2.24, 2.45) is 5.73 Å². The van der Waals surface area contributed by atoms with Gasteiger partial charge in [-0.25, -0.2) is 8.42 Å². The quantitative estimate of drug-likeness (QED) is 0.784. The molecule has 2 aromatic carbocycles. The van der Waals surface area contributed by atoms with Gasteiger partial charge in [0.2, 0.25) is 5.91 Å². The van der Waals surface area contributed by atoms with Gasteiger partial charge in [0, 0.05) is 12.3 Å². The van der Waals surface area contributed by atoms with Crippen LogP contribution in [0.1, 0.15) is 17.5 Å². The smallest absolute Gasteiger partial charge is 0.265 e. The number of nitrogens with two attached hydrogens (primary N) is 1. The van der Waals surface area contributed by atoms with Crippen LogP contribution in [0.25, 0.3) is 0 Å². The Hall–Kier alpha value is -2.05. The molecule has 0 bridgehead atoms. The highest BCUT2D eigenvalue weighted by Gasteiger charge is 2.41. The van der Waals surface area contributed by atoms with E-state index in [0.717, 1.165) is 28.3 Å². The molecule has 5 nitrogen and oxygen atoms in total. The third-order valence-electron chi connectivity index (χ3n) is 4.33. The number of benzene rings is 2. The average molecular weight is 379 g/mol. The number of rotatable bonds is 6. The first-order chi connectivity index (χ1) is 11.9. The Labute approximate surface area is 152 Å². The topological polar surface area (TPSA) is 80.5 Å². The normalized spacial score (nSPS) is 16.7. The molecule has 0 aliphatic carbocycles. The summed E-state index contributed by atoms with van der Waals surface area (Å²) in [5.41, 5.74) is 7.80. The van der Waals surface area contributed by atoms with Crippen LogP contribution in [0.2, 0.25) is 0 Å². The molecule has 0 spiro atoms. The van der Waals surface area contributed by atoms with Crippen LogP contribution in [-0.2, 0) is 27.7 Å². The first-order valence-corrected chi connectivity index (χ1v) is 9.99. The number of fused-ring (bicyclic) bond motifs is 1. The summed E-state index contributed by atoms with van der Waals surface area (Å²) in [6.45, 7) is 0. The summed E-state index contributed by atoms with van der Waals surface area (Å²) in [7, 11) is -3.88. The van der Waals surface area contributed by atoms with Crippen LogP contribution in [0.5, 0.6) is 0 Å². The summed E-state index contributed by atoms with van der Waals surface area (Å²) >= 11 is 5.69. The fraction of sp³-hybridized carbons (Fsp3) is 0.278. The molecule has 1 aliphatic heterocycles. The minimum Gasteiger partial charge on any atom is -0.368 e. The number of primary amides is 1. The molecule has 2 aromatic rings. The van der Waals surface area contributed by atoms with E-state index >= 15 is 0 Å². The Kier molecular flexibility index (Phi) is 5.01. The number of amides is 1. The van der Waals surface area contributed by atoms with Crippen molar-refractivity contribution in [1.82, 2.24) is 0 Å². The van der Waals surface area contributed by atoms with Crippen molar-refractivity contribution in [3.63, 3.8) is 0 Å². The van der Waals surface area contributed by atoms with Crippen LogP contribution in [-0.4, -0.2) is 26.2 Å². The predicted octanol–water partition coefficient (Wildman–Crippen LogP) is 2.46. The van der Waals surface area contributed by atoms with E-state index in [4.69, 9.17) is 17.3 Å².